The van der Waals surface area contributed by atoms with Crippen molar-refractivity contribution in [3.63, 3.8) is 0 Å². The van der Waals surface area contributed by atoms with Crippen molar-refractivity contribution in [1.82, 2.24) is 4.98 Å². The third-order valence-electron chi connectivity index (χ3n) is 4.38. The normalized spacial score (nSPS) is 10.9. The van der Waals surface area contributed by atoms with Crippen LogP contribution in [0, 0.1) is 13.8 Å². The van der Waals surface area contributed by atoms with E-state index in [0.29, 0.717) is 16.1 Å². The number of fused-ring (bicyclic) bond motifs is 1. The van der Waals surface area contributed by atoms with Crippen molar-refractivity contribution in [3.8, 4) is 0 Å². The average Bonchev–Trinajstić information content (AvgIpc) is 3.10. The fourth-order valence-electron chi connectivity index (χ4n) is 3.12. The zero-order valence-corrected chi connectivity index (χ0v) is 16.3. The molecule has 0 saturated carbocycles. The molecule has 0 atom stereocenters. The molecule has 2 aromatic heterocycles. The number of carbonyl (C=O) groups is 1. The maximum absolute atomic E-state index is 12.6. The second kappa shape index (κ2) is 7.40. The number of carbonyl (C=O) groups excluding carboxylic acids is 1. The highest BCUT2D eigenvalue weighted by atomic mass is 32.1. The Morgan fingerprint density at radius 1 is 1.14 bits per heavy atom. The summed E-state index contributed by atoms with van der Waals surface area (Å²) in [6, 6.07) is 15.0. The molecular weight excluding hydrogens is 372 g/mol. The van der Waals surface area contributed by atoms with Gasteiger partial charge in [0.1, 0.15) is 5.58 Å². The maximum Gasteiger partial charge on any atom is 0.293 e. The van der Waals surface area contributed by atoms with Gasteiger partial charge in [-0.2, -0.15) is 0 Å². The second-order valence-corrected chi connectivity index (χ2v) is 7.80. The molecule has 4 rings (SSSR count). The Bertz CT molecular complexity index is 1230. The minimum Gasteiger partial charge on any atom is -0.450 e. The van der Waals surface area contributed by atoms with Crippen LogP contribution in [0.5, 0.6) is 0 Å². The molecular formula is C22H18N2O3S. The van der Waals surface area contributed by atoms with Crippen LogP contribution in [0.15, 0.2) is 63.9 Å². The van der Waals surface area contributed by atoms with E-state index >= 15 is 0 Å². The Hall–Kier alpha value is -3.25. The lowest BCUT2D eigenvalue weighted by Crippen LogP contribution is -2.15. The number of amides is 1. The summed E-state index contributed by atoms with van der Waals surface area (Å²) in [6.45, 7) is 3.78. The van der Waals surface area contributed by atoms with Crippen LogP contribution < -0.4 is 10.7 Å². The summed E-state index contributed by atoms with van der Waals surface area (Å²) in [5.41, 5.74) is 3.17. The molecule has 0 aliphatic rings. The number of hydrogen-bond donors (Lipinski definition) is 1. The van der Waals surface area contributed by atoms with Crippen LogP contribution in [0.4, 0.5) is 5.13 Å². The minimum atomic E-state index is -0.486. The number of nitrogens with zero attached hydrogens (tertiary/aromatic N) is 1. The average molecular weight is 390 g/mol. The van der Waals surface area contributed by atoms with Gasteiger partial charge >= 0.3 is 0 Å². The predicted octanol–water partition coefficient (Wildman–Crippen LogP) is 4.71. The summed E-state index contributed by atoms with van der Waals surface area (Å²) in [7, 11) is 0. The van der Waals surface area contributed by atoms with Gasteiger partial charge in [-0.25, -0.2) is 4.98 Å². The molecule has 28 heavy (non-hydrogen) atoms. The van der Waals surface area contributed by atoms with E-state index in [-0.39, 0.29) is 11.2 Å². The summed E-state index contributed by atoms with van der Waals surface area (Å²) >= 11 is 1.40. The maximum atomic E-state index is 12.6. The van der Waals surface area contributed by atoms with Crippen LogP contribution >= 0.6 is 11.3 Å². The molecule has 1 N–H and O–H groups in total. The van der Waals surface area contributed by atoms with Crippen molar-refractivity contribution in [3.05, 3.63) is 92.3 Å². The van der Waals surface area contributed by atoms with Gasteiger partial charge in [-0.1, -0.05) is 36.4 Å². The molecule has 0 radical (unpaired) electrons. The van der Waals surface area contributed by atoms with Crippen molar-refractivity contribution >= 4 is 33.3 Å². The lowest BCUT2D eigenvalue weighted by Gasteiger charge is -2.06. The third-order valence-corrected chi connectivity index (χ3v) is 5.29. The van der Waals surface area contributed by atoms with E-state index in [9.17, 15) is 9.59 Å². The molecule has 0 spiro atoms. The van der Waals surface area contributed by atoms with E-state index in [4.69, 9.17) is 4.42 Å². The van der Waals surface area contributed by atoms with Gasteiger partial charge in [-0.05, 0) is 36.6 Å². The lowest BCUT2D eigenvalue weighted by atomic mass is 10.1. The van der Waals surface area contributed by atoms with Gasteiger partial charge in [0.05, 0.1) is 5.39 Å². The molecule has 0 saturated heterocycles. The molecule has 0 fully saturated rings. The smallest absolute Gasteiger partial charge is 0.293 e. The Balaban J connectivity index is 1.57. The van der Waals surface area contributed by atoms with Crippen LogP contribution in [-0.2, 0) is 6.42 Å². The number of nitrogens with one attached hydrogen (secondary N) is 1. The van der Waals surface area contributed by atoms with Gasteiger partial charge in [0.2, 0.25) is 0 Å². The van der Waals surface area contributed by atoms with Crippen LogP contribution in [0.2, 0.25) is 0 Å². The Morgan fingerprint density at radius 2 is 1.93 bits per heavy atom. The van der Waals surface area contributed by atoms with E-state index < -0.39 is 5.91 Å². The summed E-state index contributed by atoms with van der Waals surface area (Å²) in [6.07, 6.45) is 2.49. The van der Waals surface area contributed by atoms with Gasteiger partial charge in [0, 0.05) is 23.6 Å². The van der Waals surface area contributed by atoms with Crippen molar-refractivity contribution in [1.29, 1.82) is 0 Å². The number of thiazole rings is 1. The number of anilines is 1. The Morgan fingerprint density at radius 3 is 2.71 bits per heavy atom. The molecule has 2 heterocycles. The van der Waals surface area contributed by atoms with E-state index in [1.165, 1.54) is 23.0 Å². The van der Waals surface area contributed by atoms with Gasteiger partial charge in [-0.3, -0.25) is 14.9 Å². The van der Waals surface area contributed by atoms with Crippen LogP contribution in [0.25, 0.3) is 11.0 Å². The van der Waals surface area contributed by atoms with Crippen LogP contribution in [0.1, 0.15) is 32.1 Å². The summed E-state index contributed by atoms with van der Waals surface area (Å²) < 4.78 is 5.73. The predicted molar refractivity (Wildman–Crippen MR) is 111 cm³/mol. The zero-order valence-electron chi connectivity index (χ0n) is 15.5. The van der Waals surface area contributed by atoms with Crippen LogP contribution in [-0.4, -0.2) is 10.9 Å². The highest BCUT2D eigenvalue weighted by molar-refractivity contribution is 7.15. The van der Waals surface area contributed by atoms with Crippen LogP contribution in [0.3, 0.4) is 0 Å². The zero-order chi connectivity index (χ0) is 19.7. The fraction of sp³-hybridized carbons (Fsp3) is 0.136. The molecule has 5 nitrogen and oxygen atoms in total. The summed E-state index contributed by atoms with van der Waals surface area (Å²) in [5.74, 6) is -0.510. The van der Waals surface area contributed by atoms with E-state index in [1.807, 2.05) is 50.2 Å². The molecule has 4 aromatic rings. The number of aromatic nitrogens is 1. The van der Waals surface area contributed by atoms with Crippen molar-refractivity contribution in [2.45, 2.75) is 20.3 Å². The highest BCUT2D eigenvalue weighted by Gasteiger charge is 2.15. The summed E-state index contributed by atoms with van der Waals surface area (Å²) in [4.78, 5) is 30.3. The summed E-state index contributed by atoms with van der Waals surface area (Å²) in [5, 5.41) is 3.67. The van der Waals surface area contributed by atoms with Gasteiger partial charge in [0.25, 0.3) is 5.91 Å². The molecule has 2 aromatic carbocycles. The minimum absolute atomic E-state index is 0.0238. The molecule has 0 unspecified atom stereocenters. The first-order chi connectivity index (χ1) is 13.5. The van der Waals surface area contributed by atoms with Gasteiger partial charge < -0.3 is 4.42 Å². The standard InChI is InChI=1S/C22H18N2O3S/c1-13-8-14(2)20-17(9-13)18(25)11-19(27-20)21(26)24-22-23-12-16(28-22)10-15-6-4-3-5-7-15/h3-9,11-12H,10H2,1-2H3,(H,23,24,26). The number of benzene rings is 2. The van der Waals surface area contributed by atoms with Gasteiger partial charge in [0.15, 0.2) is 16.3 Å². The number of aryl methyl sites for hydroxylation is 2. The topological polar surface area (TPSA) is 72.2 Å². The molecule has 0 aliphatic heterocycles. The molecule has 6 heteroatoms. The molecule has 0 bridgehead atoms. The molecule has 1 amide bonds. The number of hydrogen-bond acceptors (Lipinski definition) is 5. The van der Waals surface area contributed by atoms with Gasteiger partial charge in [-0.15, -0.1) is 11.3 Å². The second-order valence-electron chi connectivity index (χ2n) is 6.68. The first-order valence-electron chi connectivity index (χ1n) is 8.85. The quantitative estimate of drug-likeness (QED) is 0.548. The van der Waals surface area contributed by atoms with Crippen molar-refractivity contribution in [2.24, 2.45) is 0 Å². The SMILES string of the molecule is Cc1cc(C)c2oc(C(=O)Nc3ncc(Cc4ccccc4)s3)cc(=O)c2c1. The van der Waals surface area contributed by atoms with Crippen molar-refractivity contribution in [2.75, 3.05) is 5.32 Å². The first kappa shape index (κ1) is 18.1. The van der Waals surface area contributed by atoms with E-state index in [1.54, 1.807) is 12.3 Å². The highest BCUT2D eigenvalue weighted by Crippen LogP contribution is 2.23. The Labute approximate surface area is 165 Å². The first-order valence-corrected chi connectivity index (χ1v) is 9.66. The lowest BCUT2D eigenvalue weighted by molar-refractivity contribution is 0.0997. The number of rotatable bonds is 4. The Kier molecular flexibility index (Phi) is 4.79. The monoisotopic (exact) mass is 390 g/mol. The largest absolute Gasteiger partial charge is 0.450 e. The molecule has 140 valence electrons. The molecule has 0 aliphatic carbocycles. The third kappa shape index (κ3) is 3.73. The van der Waals surface area contributed by atoms with E-state index in [0.717, 1.165) is 22.4 Å². The van der Waals surface area contributed by atoms with E-state index in [2.05, 4.69) is 10.3 Å². The fourth-order valence-corrected chi connectivity index (χ4v) is 3.97. The van der Waals surface area contributed by atoms with Crippen molar-refractivity contribution < 1.29 is 9.21 Å².